The van der Waals surface area contributed by atoms with Crippen molar-refractivity contribution >= 4 is 56.1 Å². The van der Waals surface area contributed by atoms with Crippen molar-refractivity contribution in [3.05, 3.63) is 63.3 Å². The van der Waals surface area contributed by atoms with Crippen LogP contribution in [0, 0.1) is 6.92 Å². The number of aromatic nitrogens is 2. The zero-order valence-corrected chi connectivity index (χ0v) is 17.9. The van der Waals surface area contributed by atoms with Gasteiger partial charge in [0.15, 0.2) is 0 Å². The molecule has 3 heterocycles. The third-order valence-electron chi connectivity index (χ3n) is 4.42. The SMILES string of the molecule is CC(=O)Nc1ccc(C)cc1NC(=O)Cn1cnc2scc(-c3cccs3)c2c1=O. The summed E-state index contributed by atoms with van der Waals surface area (Å²) >= 11 is 2.96. The van der Waals surface area contributed by atoms with Gasteiger partial charge in [0.1, 0.15) is 11.4 Å². The minimum Gasteiger partial charge on any atom is -0.325 e. The summed E-state index contributed by atoms with van der Waals surface area (Å²) in [5.41, 5.74) is 2.49. The molecular formula is C21H18N4O3S2. The van der Waals surface area contributed by atoms with Gasteiger partial charge in [-0.3, -0.25) is 19.0 Å². The first-order valence-corrected chi connectivity index (χ1v) is 10.9. The Morgan fingerprint density at radius 3 is 2.70 bits per heavy atom. The number of rotatable bonds is 5. The van der Waals surface area contributed by atoms with E-state index >= 15 is 0 Å². The monoisotopic (exact) mass is 438 g/mol. The van der Waals surface area contributed by atoms with Crippen LogP contribution < -0.4 is 16.2 Å². The Hall–Kier alpha value is -3.30. The van der Waals surface area contributed by atoms with Gasteiger partial charge in [0.2, 0.25) is 11.8 Å². The van der Waals surface area contributed by atoms with Crippen LogP contribution in [0.25, 0.3) is 20.7 Å². The van der Waals surface area contributed by atoms with Crippen molar-refractivity contribution in [3.8, 4) is 10.4 Å². The molecule has 7 nitrogen and oxygen atoms in total. The van der Waals surface area contributed by atoms with Crippen molar-refractivity contribution < 1.29 is 9.59 Å². The highest BCUT2D eigenvalue weighted by Gasteiger charge is 2.16. The van der Waals surface area contributed by atoms with Crippen molar-refractivity contribution in [2.24, 2.45) is 0 Å². The summed E-state index contributed by atoms with van der Waals surface area (Å²) in [6, 6.07) is 9.22. The summed E-state index contributed by atoms with van der Waals surface area (Å²) in [4.78, 5) is 43.1. The first kappa shape index (κ1) is 20.0. The molecule has 9 heteroatoms. The molecule has 0 aliphatic rings. The molecule has 0 saturated heterocycles. The third-order valence-corrected chi connectivity index (χ3v) is 6.21. The van der Waals surface area contributed by atoms with Crippen LogP contribution >= 0.6 is 22.7 Å². The van der Waals surface area contributed by atoms with Crippen LogP contribution in [0.2, 0.25) is 0 Å². The Morgan fingerprint density at radius 1 is 1.13 bits per heavy atom. The molecule has 0 aliphatic heterocycles. The Bertz CT molecular complexity index is 1310. The van der Waals surface area contributed by atoms with Crippen LogP contribution in [0.3, 0.4) is 0 Å². The molecule has 2 N–H and O–H groups in total. The smallest absolute Gasteiger partial charge is 0.263 e. The van der Waals surface area contributed by atoms with Crippen molar-refractivity contribution in [1.29, 1.82) is 0 Å². The van der Waals surface area contributed by atoms with E-state index in [-0.39, 0.29) is 23.9 Å². The Morgan fingerprint density at radius 2 is 1.97 bits per heavy atom. The summed E-state index contributed by atoms with van der Waals surface area (Å²) in [6.45, 7) is 3.10. The van der Waals surface area contributed by atoms with Gasteiger partial charge in [-0.15, -0.1) is 22.7 Å². The molecule has 152 valence electrons. The molecule has 4 aromatic rings. The van der Waals surface area contributed by atoms with Gasteiger partial charge in [0.05, 0.1) is 23.1 Å². The third kappa shape index (κ3) is 4.03. The van der Waals surface area contributed by atoms with Gasteiger partial charge in [-0.25, -0.2) is 4.98 Å². The fraction of sp³-hybridized carbons (Fsp3) is 0.143. The number of thiophene rings is 2. The summed E-state index contributed by atoms with van der Waals surface area (Å²) < 4.78 is 1.30. The normalized spacial score (nSPS) is 10.9. The number of nitrogens with zero attached hydrogens (tertiary/aromatic N) is 2. The molecule has 30 heavy (non-hydrogen) atoms. The van der Waals surface area contributed by atoms with E-state index < -0.39 is 0 Å². The molecule has 0 fully saturated rings. The molecule has 2 amide bonds. The van der Waals surface area contributed by atoms with Crippen LogP contribution in [-0.4, -0.2) is 21.4 Å². The van der Waals surface area contributed by atoms with E-state index in [1.165, 1.54) is 29.2 Å². The maximum Gasteiger partial charge on any atom is 0.263 e. The van der Waals surface area contributed by atoms with Gasteiger partial charge in [-0.2, -0.15) is 0 Å². The number of nitrogens with one attached hydrogen (secondary N) is 2. The van der Waals surface area contributed by atoms with Crippen molar-refractivity contribution in [2.45, 2.75) is 20.4 Å². The number of hydrogen-bond donors (Lipinski definition) is 2. The molecule has 0 unspecified atom stereocenters. The number of fused-ring (bicyclic) bond motifs is 1. The van der Waals surface area contributed by atoms with Crippen molar-refractivity contribution in [2.75, 3.05) is 10.6 Å². The maximum absolute atomic E-state index is 13.1. The van der Waals surface area contributed by atoms with E-state index in [1.54, 1.807) is 23.5 Å². The highest BCUT2D eigenvalue weighted by Crippen LogP contribution is 2.33. The molecular weight excluding hydrogens is 420 g/mol. The van der Waals surface area contributed by atoms with Crippen LogP contribution in [-0.2, 0) is 16.1 Å². The first-order valence-electron chi connectivity index (χ1n) is 9.11. The molecule has 0 aliphatic carbocycles. The molecule has 0 bridgehead atoms. The van der Waals surface area contributed by atoms with Crippen molar-refractivity contribution in [3.63, 3.8) is 0 Å². The zero-order valence-electron chi connectivity index (χ0n) is 16.3. The van der Waals surface area contributed by atoms with Gasteiger partial charge in [0.25, 0.3) is 5.56 Å². The quantitative estimate of drug-likeness (QED) is 0.491. The largest absolute Gasteiger partial charge is 0.325 e. The van der Waals surface area contributed by atoms with Crippen LogP contribution in [0.5, 0.6) is 0 Å². The molecule has 4 rings (SSSR count). The minimum absolute atomic E-state index is 0.186. The fourth-order valence-electron chi connectivity index (χ4n) is 3.10. The minimum atomic E-state index is -0.386. The van der Waals surface area contributed by atoms with Gasteiger partial charge in [-0.05, 0) is 36.1 Å². The van der Waals surface area contributed by atoms with Crippen LogP contribution in [0.4, 0.5) is 11.4 Å². The number of hydrogen-bond acceptors (Lipinski definition) is 6. The number of carbonyl (C=O) groups excluding carboxylic acids is 2. The Labute approximate surface area is 180 Å². The topological polar surface area (TPSA) is 93.1 Å². The lowest BCUT2D eigenvalue weighted by Gasteiger charge is -2.13. The molecule has 0 atom stereocenters. The molecule has 0 spiro atoms. The summed E-state index contributed by atoms with van der Waals surface area (Å²) in [5.74, 6) is -0.623. The predicted octanol–water partition coefficient (Wildman–Crippen LogP) is 4.09. The average Bonchev–Trinajstić information content (AvgIpc) is 3.35. The fourth-order valence-corrected chi connectivity index (χ4v) is 4.82. The number of aryl methyl sites for hydroxylation is 1. The molecule has 3 aromatic heterocycles. The highest BCUT2D eigenvalue weighted by atomic mass is 32.1. The lowest BCUT2D eigenvalue weighted by molar-refractivity contribution is -0.117. The van der Waals surface area contributed by atoms with Crippen LogP contribution in [0.1, 0.15) is 12.5 Å². The summed E-state index contributed by atoms with van der Waals surface area (Å²) in [5, 5.41) is 9.87. The van der Waals surface area contributed by atoms with E-state index in [2.05, 4.69) is 15.6 Å². The second-order valence-corrected chi connectivity index (χ2v) is 8.57. The second-order valence-electron chi connectivity index (χ2n) is 6.76. The number of amides is 2. The lowest BCUT2D eigenvalue weighted by atomic mass is 10.2. The van der Waals surface area contributed by atoms with Gasteiger partial charge >= 0.3 is 0 Å². The van der Waals surface area contributed by atoms with Gasteiger partial charge < -0.3 is 10.6 Å². The Kier molecular flexibility index (Phi) is 5.47. The maximum atomic E-state index is 13.1. The van der Waals surface area contributed by atoms with Crippen molar-refractivity contribution in [1.82, 2.24) is 9.55 Å². The standard InChI is InChI=1S/C21H18N4O3S2/c1-12-5-6-15(23-13(2)26)16(8-12)24-18(27)9-25-11-22-20-19(21(25)28)14(10-30-20)17-4-3-7-29-17/h3-8,10-11H,9H2,1-2H3,(H,23,26)(H,24,27). The number of anilines is 2. The molecule has 0 saturated carbocycles. The summed E-state index contributed by atoms with van der Waals surface area (Å²) in [6.07, 6.45) is 1.39. The van der Waals surface area contributed by atoms with E-state index in [0.717, 1.165) is 16.0 Å². The zero-order chi connectivity index (χ0) is 21.3. The second kappa shape index (κ2) is 8.21. The van der Waals surface area contributed by atoms with Gasteiger partial charge in [0, 0.05) is 22.7 Å². The van der Waals surface area contributed by atoms with Crippen LogP contribution in [0.15, 0.2) is 52.2 Å². The van der Waals surface area contributed by atoms with Gasteiger partial charge in [-0.1, -0.05) is 12.1 Å². The predicted molar refractivity (Wildman–Crippen MR) is 121 cm³/mol. The van der Waals surface area contributed by atoms with E-state index in [1.807, 2.05) is 35.9 Å². The molecule has 1 aromatic carbocycles. The first-order chi connectivity index (χ1) is 14.4. The van der Waals surface area contributed by atoms with E-state index in [4.69, 9.17) is 0 Å². The molecule has 0 radical (unpaired) electrons. The van der Waals surface area contributed by atoms with E-state index in [0.29, 0.717) is 21.6 Å². The van der Waals surface area contributed by atoms with E-state index in [9.17, 15) is 14.4 Å². The summed E-state index contributed by atoms with van der Waals surface area (Å²) in [7, 11) is 0. The number of carbonyl (C=O) groups is 2. The Balaban J connectivity index is 1.62. The average molecular weight is 439 g/mol. The lowest BCUT2D eigenvalue weighted by Crippen LogP contribution is -2.28. The highest BCUT2D eigenvalue weighted by molar-refractivity contribution is 7.18. The number of benzene rings is 1.